The number of nitro groups is 1. The minimum Gasteiger partial charge on any atom is -0.337 e. The highest BCUT2D eigenvalue weighted by Gasteiger charge is 2.23. The average molecular weight is 482 g/mol. The summed E-state index contributed by atoms with van der Waals surface area (Å²) in [6, 6.07) is 16.3. The maximum Gasteiger partial charge on any atom is 0.271 e. The van der Waals surface area contributed by atoms with E-state index in [2.05, 4.69) is 5.32 Å². The molecule has 1 N–H and O–H groups in total. The summed E-state index contributed by atoms with van der Waals surface area (Å²) in [5.74, 6) is -1.39. The van der Waals surface area contributed by atoms with Crippen molar-refractivity contribution < 1.29 is 22.5 Å². The minimum atomic E-state index is -3.85. The molecule has 3 aromatic carbocycles. The zero-order valence-corrected chi connectivity index (χ0v) is 18.9. The molecule has 1 aromatic heterocycles. The number of benzene rings is 3. The number of carbonyl (C=O) groups excluding carboxylic acids is 1. The van der Waals surface area contributed by atoms with Gasteiger partial charge in [-0.05, 0) is 36.2 Å². The lowest BCUT2D eigenvalue weighted by atomic mass is 10.2. The molecule has 0 fully saturated rings. The highest BCUT2D eigenvalue weighted by molar-refractivity contribution is 7.90. The van der Waals surface area contributed by atoms with Crippen LogP contribution in [0.3, 0.4) is 0 Å². The van der Waals surface area contributed by atoms with Gasteiger partial charge in [-0.25, -0.2) is 12.8 Å². The topological polar surface area (TPSA) is 111 Å². The number of hydrogen-bond donors (Lipinski definition) is 1. The summed E-state index contributed by atoms with van der Waals surface area (Å²) in [7, 11) is -3.85. The maximum atomic E-state index is 13.5. The Balaban J connectivity index is 1.64. The molecule has 0 bridgehead atoms. The number of aromatic nitrogens is 1. The molecule has 0 unspecified atom stereocenters. The summed E-state index contributed by atoms with van der Waals surface area (Å²) in [6.07, 6.45) is 1.39. The predicted octanol–water partition coefficient (Wildman–Crippen LogP) is 4.61. The molecule has 4 aromatic rings. The summed E-state index contributed by atoms with van der Waals surface area (Å²) in [5.41, 5.74) is 1.64. The fourth-order valence-corrected chi connectivity index (χ4v) is 5.29. The molecule has 34 heavy (non-hydrogen) atoms. The zero-order valence-electron chi connectivity index (χ0n) is 18.1. The zero-order chi connectivity index (χ0) is 24.5. The van der Waals surface area contributed by atoms with Crippen molar-refractivity contribution in [3.63, 3.8) is 0 Å². The van der Waals surface area contributed by atoms with E-state index in [-0.39, 0.29) is 17.1 Å². The van der Waals surface area contributed by atoms with Gasteiger partial charge < -0.3 is 9.88 Å². The molecule has 1 heterocycles. The number of para-hydroxylation sites is 1. The smallest absolute Gasteiger partial charge is 0.271 e. The molecule has 0 spiro atoms. The van der Waals surface area contributed by atoms with Crippen molar-refractivity contribution in [3.8, 4) is 0 Å². The van der Waals surface area contributed by atoms with Crippen LogP contribution in [-0.2, 0) is 26.9 Å². The molecule has 8 nitrogen and oxygen atoms in total. The Labute approximate surface area is 194 Å². The number of hydrogen-bond acceptors (Lipinski definition) is 5. The van der Waals surface area contributed by atoms with Gasteiger partial charge in [-0.15, -0.1) is 0 Å². The van der Waals surface area contributed by atoms with E-state index in [1.54, 1.807) is 31.2 Å². The summed E-state index contributed by atoms with van der Waals surface area (Å²) < 4.78 is 41.4. The second kappa shape index (κ2) is 9.06. The van der Waals surface area contributed by atoms with Crippen molar-refractivity contribution in [1.82, 2.24) is 4.57 Å². The number of amides is 1. The van der Waals surface area contributed by atoms with Gasteiger partial charge in [0, 0.05) is 29.2 Å². The average Bonchev–Trinajstić information content (AvgIpc) is 3.14. The molecular weight excluding hydrogens is 461 g/mol. The lowest BCUT2D eigenvalue weighted by Crippen LogP contribution is -2.19. The van der Waals surface area contributed by atoms with E-state index >= 15 is 0 Å². The Hall–Kier alpha value is -4.05. The fraction of sp³-hybridized carbons (Fsp3) is 0.125. The fourth-order valence-electron chi connectivity index (χ4n) is 3.72. The molecule has 0 aliphatic carbocycles. The van der Waals surface area contributed by atoms with E-state index < -0.39 is 32.2 Å². The van der Waals surface area contributed by atoms with Gasteiger partial charge in [-0.1, -0.05) is 36.4 Å². The maximum absolute atomic E-state index is 13.5. The Kier molecular flexibility index (Phi) is 6.16. The number of rotatable bonds is 7. The summed E-state index contributed by atoms with van der Waals surface area (Å²) in [5, 5.41) is 14.1. The van der Waals surface area contributed by atoms with Crippen LogP contribution in [0.15, 0.2) is 77.8 Å². The van der Waals surface area contributed by atoms with Gasteiger partial charge in [0.25, 0.3) is 5.69 Å². The third-order valence-corrected chi connectivity index (χ3v) is 7.06. The first-order valence-corrected chi connectivity index (χ1v) is 11.9. The first-order chi connectivity index (χ1) is 16.1. The lowest BCUT2D eigenvalue weighted by molar-refractivity contribution is -0.384. The predicted molar refractivity (Wildman–Crippen MR) is 126 cm³/mol. The van der Waals surface area contributed by atoms with Crippen LogP contribution in [0.1, 0.15) is 11.1 Å². The molecule has 174 valence electrons. The van der Waals surface area contributed by atoms with Gasteiger partial charge in [0.1, 0.15) is 12.4 Å². The van der Waals surface area contributed by atoms with E-state index in [9.17, 15) is 27.7 Å². The number of halogens is 1. The number of nitro benzene ring substituents is 1. The van der Waals surface area contributed by atoms with Crippen molar-refractivity contribution in [2.75, 3.05) is 5.32 Å². The second-order valence-electron chi connectivity index (χ2n) is 7.83. The van der Waals surface area contributed by atoms with E-state index in [0.29, 0.717) is 27.7 Å². The molecule has 1 amide bonds. The number of nitrogens with zero attached hydrogens (tertiary/aromatic N) is 2. The van der Waals surface area contributed by atoms with Crippen LogP contribution in [0.25, 0.3) is 10.9 Å². The van der Waals surface area contributed by atoms with Gasteiger partial charge >= 0.3 is 0 Å². The van der Waals surface area contributed by atoms with Crippen LogP contribution in [0.4, 0.5) is 15.8 Å². The SMILES string of the molecule is Cc1ccc([N+](=O)[O-])cc1NC(=O)Cn1cc(S(=O)(=O)Cc2cccc(F)c2)c2ccccc21. The highest BCUT2D eigenvalue weighted by Crippen LogP contribution is 2.28. The summed E-state index contributed by atoms with van der Waals surface area (Å²) in [4.78, 5) is 23.3. The van der Waals surface area contributed by atoms with Crippen molar-refractivity contribution >= 4 is 38.0 Å². The Bertz CT molecular complexity index is 1530. The molecule has 10 heteroatoms. The third-order valence-electron chi connectivity index (χ3n) is 5.35. The van der Waals surface area contributed by atoms with E-state index in [4.69, 9.17) is 0 Å². The van der Waals surface area contributed by atoms with E-state index in [1.165, 1.54) is 53.2 Å². The number of sulfone groups is 1. The number of nitrogens with one attached hydrogen (secondary N) is 1. The molecule has 0 saturated heterocycles. The van der Waals surface area contributed by atoms with Crippen molar-refractivity contribution in [2.45, 2.75) is 24.1 Å². The Morgan fingerprint density at radius 1 is 1.09 bits per heavy atom. The van der Waals surface area contributed by atoms with E-state index in [0.717, 1.165) is 0 Å². The molecule has 0 atom stereocenters. The third kappa shape index (κ3) is 4.81. The molecule has 4 rings (SSSR count). The number of fused-ring (bicyclic) bond motifs is 1. The van der Waals surface area contributed by atoms with Crippen LogP contribution in [0.5, 0.6) is 0 Å². The van der Waals surface area contributed by atoms with Gasteiger partial charge in [0.15, 0.2) is 9.84 Å². The van der Waals surface area contributed by atoms with Gasteiger partial charge in [-0.2, -0.15) is 0 Å². The number of anilines is 1. The minimum absolute atomic E-state index is 0.0340. The van der Waals surface area contributed by atoms with Crippen LogP contribution in [0, 0.1) is 22.9 Å². The molecule has 0 aliphatic heterocycles. The standard InChI is InChI=1S/C24H20FN3O5S/c1-16-9-10-19(28(30)31)12-21(16)26-24(29)14-27-13-23(20-7-2-3-8-22(20)27)34(32,33)15-17-5-4-6-18(25)11-17/h2-13H,14-15H2,1H3,(H,26,29). The quantitative estimate of drug-likeness (QED) is 0.306. The Morgan fingerprint density at radius 2 is 1.85 bits per heavy atom. The van der Waals surface area contributed by atoms with Crippen LogP contribution >= 0.6 is 0 Å². The van der Waals surface area contributed by atoms with Crippen molar-refractivity contribution in [3.05, 3.63) is 100.0 Å². The van der Waals surface area contributed by atoms with E-state index in [1.807, 2.05) is 0 Å². The lowest BCUT2D eigenvalue weighted by Gasteiger charge is -2.09. The van der Waals surface area contributed by atoms with Crippen LogP contribution in [0.2, 0.25) is 0 Å². The van der Waals surface area contributed by atoms with Crippen molar-refractivity contribution in [2.24, 2.45) is 0 Å². The van der Waals surface area contributed by atoms with Crippen molar-refractivity contribution in [1.29, 1.82) is 0 Å². The Morgan fingerprint density at radius 3 is 2.59 bits per heavy atom. The van der Waals surface area contributed by atoms with Crippen LogP contribution in [-0.4, -0.2) is 23.8 Å². The molecule has 0 radical (unpaired) electrons. The van der Waals surface area contributed by atoms with Gasteiger partial charge in [-0.3, -0.25) is 14.9 Å². The largest absolute Gasteiger partial charge is 0.337 e. The van der Waals surface area contributed by atoms with Gasteiger partial charge in [0.05, 0.1) is 21.3 Å². The first kappa shape index (κ1) is 23.1. The monoisotopic (exact) mass is 481 g/mol. The molecular formula is C24H20FN3O5S. The molecule has 0 saturated carbocycles. The summed E-state index contributed by atoms with van der Waals surface area (Å²) >= 11 is 0. The summed E-state index contributed by atoms with van der Waals surface area (Å²) in [6.45, 7) is 1.50. The number of carbonyl (C=O) groups is 1. The van der Waals surface area contributed by atoms with Gasteiger partial charge in [0.2, 0.25) is 5.91 Å². The normalized spacial score (nSPS) is 11.5. The first-order valence-electron chi connectivity index (χ1n) is 10.2. The highest BCUT2D eigenvalue weighted by atomic mass is 32.2. The van der Waals surface area contributed by atoms with Crippen LogP contribution < -0.4 is 5.32 Å². The number of aryl methyl sites for hydroxylation is 1. The molecule has 0 aliphatic rings. The number of non-ortho nitro benzene ring substituents is 1. The second-order valence-corrected chi connectivity index (χ2v) is 9.79.